The Morgan fingerprint density at radius 3 is 2.38 bits per heavy atom. The van der Waals surface area contributed by atoms with Gasteiger partial charge in [-0.2, -0.15) is 0 Å². The highest BCUT2D eigenvalue weighted by Gasteiger charge is 2.44. The number of nitrogens with zero attached hydrogens (tertiary/aromatic N) is 2. The summed E-state index contributed by atoms with van der Waals surface area (Å²) in [6.07, 6.45) is 1.69. The molecule has 0 saturated carbocycles. The van der Waals surface area contributed by atoms with Crippen molar-refractivity contribution in [2.75, 3.05) is 27.3 Å². The topological polar surface area (TPSA) is 101 Å². The van der Waals surface area contributed by atoms with Crippen molar-refractivity contribution in [2.45, 2.75) is 38.0 Å². The van der Waals surface area contributed by atoms with Gasteiger partial charge in [-0.05, 0) is 23.3 Å². The van der Waals surface area contributed by atoms with E-state index in [-0.39, 0.29) is 11.9 Å². The third kappa shape index (κ3) is 5.41. The van der Waals surface area contributed by atoms with Crippen LogP contribution in [0, 0.1) is 0 Å². The van der Waals surface area contributed by atoms with Gasteiger partial charge >= 0.3 is 6.03 Å². The van der Waals surface area contributed by atoms with Crippen molar-refractivity contribution in [1.29, 1.82) is 0 Å². The summed E-state index contributed by atoms with van der Waals surface area (Å²) in [4.78, 5) is 32.7. The van der Waals surface area contributed by atoms with Gasteiger partial charge in [0.05, 0.1) is 14.2 Å². The van der Waals surface area contributed by atoms with Crippen molar-refractivity contribution < 1.29 is 23.9 Å². The van der Waals surface area contributed by atoms with Crippen molar-refractivity contribution in [3.8, 4) is 11.5 Å². The molecule has 34 heavy (non-hydrogen) atoms. The number of likely N-dealkylation sites (tertiary alicyclic amines) is 1. The van der Waals surface area contributed by atoms with E-state index in [0.717, 1.165) is 11.1 Å². The van der Waals surface area contributed by atoms with Crippen LogP contribution >= 0.6 is 0 Å². The molecular weight excluding hydrogens is 436 g/mol. The Morgan fingerprint density at radius 1 is 0.971 bits per heavy atom. The number of amides is 3. The SMILES string of the molecule is COc1ccc(CNC(=O)C2=NOC3(CCN(C(=O)NCc4ccccc4)CC3)C2)cc1OC. The lowest BCUT2D eigenvalue weighted by Crippen LogP contribution is -2.50. The van der Waals surface area contributed by atoms with Crippen LogP contribution in [-0.2, 0) is 22.7 Å². The van der Waals surface area contributed by atoms with Crippen LogP contribution < -0.4 is 20.1 Å². The predicted molar refractivity (Wildman–Crippen MR) is 127 cm³/mol. The average molecular weight is 467 g/mol. The number of ether oxygens (including phenoxy) is 2. The average Bonchev–Trinajstić information content (AvgIpc) is 3.30. The molecule has 0 unspecified atom stereocenters. The second-order valence-electron chi connectivity index (χ2n) is 8.49. The molecule has 9 heteroatoms. The minimum absolute atomic E-state index is 0.0921. The normalized spacial score (nSPS) is 16.4. The molecule has 2 heterocycles. The molecule has 0 aromatic heterocycles. The van der Waals surface area contributed by atoms with Crippen LogP contribution in [0.1, 0.15) is 30.4 Å². The van der Waals surface area contributed by atoms with Gasteiger partial charge in [0.1, 0.15) is 11.3 Å². The van der Waals surface area contributed by atoms with Gasteiger partial charge in [-0.1, -0.05) is 41.6 Å². The largest absolute Gasteiger partial charge is 0.493 e. The van der Waals surface area contributed by atoms with Crippen molar-refractivity contribution in [3.05, 3.63) is 59.7 Å². The molecule has 180 valence electrons. The number of methoxy groups -OCH3 is 2. The van der Waals surface area contributed by atoms with Crippen LogP contribution in [0.5, 0.6) is 11.5 Å². The highest BCUT2D eigenvalue weighted by atomic mass is 16.7. The van der Waals surface area contributed by atoms with Crippen molar-refractivity contribution in [2.24, 2.45) is 5.16 Å². The van der Waals surface area contributed by atoms with Crippen LogP contribution in [0.2, 0.25) is 0 Å². The lowest BCUT2D eigenvalue weighted by molar-refractivity contribution is -0.115. The first kappa shape index (κ1) is 23.4. The fourth-order valence-electron chi connectivity index (χ4n) is 4.19. The van der Waals surface area contributed by atoms with Crippen molar-refractivity contribution in [1.82, 2.24) is 15.5 Å². The third-order valence-corrected chi connectivity index (χ3v) is 6.25. The Morgan fingerprint density at radius 2 is 1.68 bits per heavy atom. The molecule has 2 aliphatic rings. The van der Waals surface area contributed by atoms with Gasteiger partial charge in [-0.25, -0.2) is 4.79 Å². The molecule has 3 amide bonds. The zero-order valence-electron chi connectivity index (χ0n) is 19.5. The minimum Gasteiger partial charge on any atom is -0.493 e. The van der Waals surface area contributed by atoms with Crippen molar-refractivity contribution >= 4 is 17.6 Å². The van der Waals surface area contributed by atoms with Gasteiger partial charge in [0.25, 0.3) is 5.91 Å². The Hall–Kier alpha value is -3.75. The summed E-state index contributed by atoms with van der Waals surface area (Å²) in [7, 11) is 3.15. The summed E-state index contributed by atoms with van der Waals surface area (Å²) < 4.78 is 10.5. The number of oxime groups is 1. The van der Waals surface area contributed by atoms with Gasteiger partial charge in [0.15, 0.2) is 11.5 Å². The fourth-order valence-corrected chi connectivity index (χ4v) is 4.19. The molecular formula is C25H30N4O5. The summed E-state index contributed by atoms with van der Waals surface area (Å²) in [5.41, 5.74) is 1.80. The van der Waals surface area contributed by atoms with E-state index in [0.29, 0.717) is 62.7 Å². The molecule has 1 spiro atoms. The van der Waals surface area contributed by atoms with Gasteiger partial charge in [0, 0.05) is 45.4 Å². The Kier molecular flexibility index (Phi) is 7.20. The summed E-state index contributed by atoms with van der Waals surface area (Å²) in [5.74, 6) is 0.983. The Labute approximate surface area is 199 Å². The molecule has 0 bridgehead atoms. The second kappa shape index (κ2) is 10.5. The van der Waals surface area contributed by atoms with Crippen LogP contribution in [0.3, 0.4) is 0 Å². The molecule has 9 nitrogen and oxygen atoms in total. The summed E-state index contributed by atoms with van der Waals surface area (Å²) >= 11 is 0. The second-order valence-corrected chi connectivity index (χ2v) is 8.49. The van der Waals surface area contributed by atoms with Gasteiger partial charge in [-0.15, -0.1) is 0 Å². The molecule has 2 aliphatic heterocycles. The standard InChI is InChI=1S/C25H30N4O5/c1-32-21-9-8-19(14-22(21)33-2)17-26-23(30)20-15-25(34-28-20)10-12-29(13-11-25)24(31)27-16-18-6-4-3-5-7-18/h3-9,14H,10-13,15-17H2,1-2H3,(H,26,30)(H,27,31). The maximum atomic E-state index is 12.7. The number of nitrogens with one attached hydrogen (secondary N) is 2. The minimum atomic E-state index is -0.522. The quantitative estimate of drug-likeness (QED) is 0.654. The maximum Gasteiger partial charge on any atom is 0.317 e. The Balaban J connectivity index is 1.23. The lowest BCUT2D eigenvalue weighted by Gasteiger charge is -2.37. The van der Waals surface area contributed by atoms with Crippen LogP contribution in [-0.4, -0.2) is 55.5 Å². The van der Waals surface area contributed by atoms with E-state index in [1.54, 1.807) is 25.2 Å². The maximum absolute atomic E-state index is 12.7. The molecule has 2 aromatic rings. The molecule has 1 fully saturated rings. The number of hydrogen-bond donors (Lipinski definition) is 2. The number of carbonyl (C=O) groups excluding carboxylic acids is 2. The van der Waals surface area contributed by atoms with E-state index in [1.165, 1.54) is 0 Å². The smallest absolute Gasteiger partial charge is 0.317 e. The molecule has 1 saturated heterocycles. The van der Waals surface area contributed by atoms with E-state index in [4.69, 9.17) is 14.3 Å². The van der Waals surface area contributed by atoms with E-state index >= 15 is 0 Å². The molecule has 2 N–H and O–H groups in total. The van der Waals surface area contributed by atoms with E-state index in [2.05, 4.69) is 15.8 Å². The first-order valence-corrected chi connectivity index (χ1v) is 11.3. The number of piperidine rings is 1. The number of rotatable bonds is 7. The van der Waals surface area contributed by atoms with Gasteiger partial charge in [0.2, 0.25) is 0 Å². The first-order valence-electron chi connectivity index (χ1n) is 11.3. The van der Waals surface area contributed by atoms with Crippen LogP contribution in [0.4, 0.5) is 4.79 Å². The van der Waals surface area contributed by atoms with E-state index < -0.39 is 5.60 Å². The van der Waals surface area contributed by atoms with Crippen LogP contribution in [0.25, 0.3) is 0 Å². The molecule has 0 atom stereocenters. The zero-order chi connectivity index (χ0) is 24.0. The number of carbonyl (C=O) groups is 2. The van der Waals surface area contributed by atoms with E-state index in [9.17, 15) is 9.59 Å². The Bertz CT molecular complexity index is 1050. The van der Waals surface area contributed by atoms with Gasteiger partial charge < -0.3 is 29.8 Å². The molecule has 0 aliphatic carbocycles. The van der Waals surface area contributed by atoms with E-state index in [1.807, 2.05) is 42.5 Å². The first-order chi connectivity index (χ1) is 16.5. The number of benzene rings is 2. The zero-order valence-corrected chi connectivity index (χ0v) is 19.5. The number of hydrogen-bond acceptors (Lipinski definition) is 6. The summed E-state index contributed by atoms with van der Waals surface area (Å²) in [6, 6.07) is 15.2. The van der Waals surface area contributed by atoms with Gasteiger partial charge in [-0.3, -0.25) is 4.79 Å². The predicted octanol–water partition coefficient (Wildman–Crippen LogP) is 2.84. The summed E-state index contributed by atoms with van der Waals surface area (Å²) in [5, 5.41) is 9.92. The molecule has 2 aromatic carbocycles. The fraction of sp³-hybridized carbons (Fsp3) is 0.400. The monoisotopic (exact) mass is 466 g/mol. The third-order valence-electron chi connectivity index (χ3n) is 6.25. The number of urea groups is 1. The highest BCUT2D eigenvalue weighted by molar-refractivity contribution is 6.39. The molecule has 0 radical (unpaired) electrons. The lowest BCUT2D eigenvalue weighted by atomic mass is 9.87. The summed E-state index contributed by atoms with van der Waals surface area (Å²) in [6.45, 7) is 1.93. The van der Waals surface area contributed by atoms with Crippen molar-refractivity contribution in [3.63, 3.8) is 0 Å². The van der Waals surface area contributed by atoms with Crippen LogP contribution in [0.15, 0.2) is 53.7 Å². The molecule has 4 rings (SSSR count). The highest BCUT2D eigenvalue weighted by Crippen LogP contribution is 2.35.